The highest BCUT2D eigenvalue weighted by Crippen LogP contribution is 2.28. The molecule has 0 saturated heterocycles. The molecule has 20 heavy (non-hydrogen) atoms. The molecule has 106 valence electrons. The van der Waals surface area contributed by atoms with Crippen LogP contribution in [0.25, 0.3) is 0 Å². The minimum Gasteiger partial charge on any atom is -0.496 e. The van der Waals surface area contributed by atoms with Crippen molar-refractivity contribution in [3.63, 3.8) is 0 Å². The molecule has 0 bridgehead atoms. The second kappa shape index (κ2) is 5.85. The molecule has 0 aliphatic rings. The van der Waals surface area contributed by atoms with Gasteiger partial charge in [-0.15, -0.1) is 0 Å². The van der Waals surface area contributed by atoms with Gasteiger partial charge in [0, 0.05) is 5.69 Å². The van der Waals surface area contributed by atoms with Crippen molar-refractivity contribution in [2.75, 3.05) is 11.8 Å². The van der Waals surface area contributed by atoms with E-state index in [-0.39, 0.29) is 4.90 Å². The summed E-state index contributed by atoms with van der Waals surface area (Å²) in [6.07, 6.45) is 0. The summed E-state index contributed by atoms with van der Waals surface area (Å²) >= 11 is 3.28. The molecule has 0 spiro atoms. The van der Waals surface area contributed by atoms with E-state index in [0.29, 0.717) is 15.9 Å². The highest BCUT2D eigenvalue weighted by molar-refractivity contribution is 9.10. The summed E-state index contributed by atoms with van der Waals surface area (Å²) in [5.74, 6) is 0.583. The number of aryl methyl sites for hydroxylation is 1. The van der Waals surface area contributed by atoms with E-state index in [1.165, 1.54) is 19.2 Å². The molecular formula is C14H14BrNO3S. The third-order valence-electron chi connectivity index (χ3n) is 2.70. The average Bonchev–Trinajstić information content (AvgIpc) is 2.38. The standard InChI is InChI=1S/C14H14BrNO3S/c1-10-4-3-5-11(8-10)16-20(17,18)12-6-7-14(19-2)13(15)9-12/h3-9,16H,1-2H3. The van der Waals surface area contributed by atoms with Crippen molar-refractivity contribution in [3.05, 3.63) is 52.5 Å². The van der Waals surface area contributed by atoms with Gasteiger partial charge in [0.15, 0.2) is 0 Å². The summed E-state index contributed by atoms with van der Waals surface area (Å²) < 4.78 is 32.8. The molecule has 6 heteroatoms. The van der Waals surface area contributed by atoms with Gasteiger partial charge in [0.2, 0.25) is 0 Å². The van der Waals surface area contributed by atoms with Crippen LogP contribution in [0.4, 0.5) is 5.69 Å². The summed E-state index contributed by atoms with van der Waals surface area (Å²) in [6, 6.07) is 11.8. The number of methoxy groups -OCH3 is 1. The summed E-state index contributed by atoms with van der Waals surface area (Å²) in [4.78, 5) is 0.173. The molecule has 0 unspecified atom stereocenters. The highest BCUT2D eigenvalue weighted by atomic mass is 79.9. The average molecular weight is 356 g/mol. The molecule has 0 heterocycles. The Labute approximate surface area is 127 Å². The summed E-state index contributed by atoms with van der Waals surface area (Å²) in [5.41, 5.74) is 1.53. The lowest BCUT2D eigenvalue weighted by atomic mass is 10.2. The lowest BCUT2D eigenvalue weighted by molar-refractivity contribution is 0.411. The fourth-order valence-electron chi connectivity index (χ4n) is 1.74. The molecule has 0 aliphatic carbocycles. The molecule has 0 saturated carbocycles. The van der Waals surface area contributed by atoms with Gasteiger partial charge in [-0.1, -0.05) is 12.1 Å². The normalized spacial score (nSPS) is 11.2. The van der Waals surface area contributed by atoms with Gasteiger partial charge in [-0.25, -0.2) is 8.42 Å². The Balaban J connectivity index is 2.33. The van der Waals surface area contributed by atoms with Crippen LogP contribution in [-0.4, -0.2) is 15.5 Å². The monoisotopic (exact) mass is 355 g/mol. The first-order chi connectivity index (χ1) is 9.42. The van der Waals surface area contributed by atoms with Crippen molar-refractivity contribution >= 4 is 31.6 Å². The van der Waals surface area contributed by atoms with Gasteiger partial charge in [0.1, 0.15) is 5.75 Å². The van der Waals surface area contributed by atoms with E-state index < -0.39 is 10.0 Å². The van der Waals surface area contributed by atoms with Gasteiger partial charge in [-0.3, -0.25) is 4.72 Å². The molecule has 0 fully saturated rings. The van der Waals surface area contributed by atoms with Crippen LogP contribution in [0, 0.1) is 6.92 Å². The SMILES string of the molecule is COc1ccc(S(=O)(=O)Nc2cccc(C)c2)cc1Br. The Morgan fingerprint density at radius 1 is 1.15 bits per heavy atom. The number of benzene rings is 2. The van der Waals surface area contributed by atoms with Crippen LogP contribution < -0.4 is 9.46 Å². The number of hydrogen-bond donors (Lipinski definition) is 1. The van der Waals surface area contributed by atoms with Crippen molar-refractivity contribution in [3.8, 4) is 5.75 Å². The second-order valence-corrected chi connectivity index (χ2v) is 6.81. The van der Waals surface area contributed by atoms with Gasteiger partial charge in [0.05, 0.1) is 16.5 Å². The number of halogens is 1. The van der Waals surface area contributed by atoms with Crippen LogP contribution in [0.1, 0.15) is 5.56 Å². The maximum absolute atomic E-state index is 12.3. The second-order valence-electron chi connectivity index (χ2n) is 4.27. The summed E-state index contributed by atoms with van der Waals surface area (Å²) in [7, 11) is -2.09. The van der Waals surface area contributed by atoms with Crippen molar-refractivity contribution in [1.82, 2.24) is 0 Å². The highest BCUT2D eigenvalue weighted by Gasteiger charge is 2.16. The molecule has 4 nitrogen and oxygen atoms in total. The van der Waals surface area contributed by atoms with Crippen molar-refractivity contribution in [2.24, 2.45) is 0 Å². The topological polar surface area (TPSA) is 55.4 Å². The molecule has 0 atom stereocenters. The fourth-order valence-corrected chi connectivity index (χ4v) is 3.50. The van der Waals surface area contributed by atoms with Crippen molar-refractivity contribution < 1.29 is 13.2 Å². The largest absolute Gasteiger partial charge is 0.496 e. The van der Waals surface area contributed by atoms with Crippen molar-refractivity contribution in [2.45, 2.75) is 11.8 Å². The minimum atomic E-state index is -3.61. The van der Waals surface area contributed by atoms with E-state index in [1.54, 1.807) is 24.3 Å². The third kappa shape index (κ3) is 3.32. The van der Waals surface area contributed by atoms with Crippen LogP contribution in [0.3, 0.4) is 0 Å². The minimum absolute atomic E-state index is 0.173. The molecule has 0 radical (unpaired) electrons. The van der Waals surface area contributed by atoms with E-state index in [0.717, 1.165) is 5.56 Å². The first-order valence-electron chi connectivity index (χ1n) is 5.85. The number of nitrogens with one attached hydrogen (secondary N) is 1. The lowest BCUT2D eigenvalue weighted by Crippen LogP contribution is -2.13. The first kappa shape index (κ1) is 14.9. The zero-order chi connectivity index (χ0) is 14.8. The van der Waals surface area contributed by atoms with E-state index in [1.807, 2.05) is 13.0 Å². The Hall–Kier alpha value is -1.53. The predicted octanol–water partition coefficient (Wildman–Crippen LogP) is 3.57. The van der Waals surface area contributed by atoms with Gasteiger partial charge < -0.3 is 4.74 Å². The maximum atomic E-state index is 12.3. The molecular weight excluding hydrogens is 342 g/mol. The van der Waals surface area contributed by atoms with Crippen LogP contribution in [0.2, 0.25) is 0 Å². The Kier molecular flexibility index (Phi) is 4.35. The van der Waals surface area contributed by atoms with Gasteiger partial charge >= 0.3 is 0 Å². The number of anilines is 1. The molecule has 1 N–H and O–H groups in total. The van der Waals surface area contributed by atoms with Gasteiger partial charge in [0.25, 0.3) is 10.0 Å². The number of sulfonamides is 1. The molecule has 2 rings (SSSR count). The van der Waals surface area contributed by atoms with Crippen LogP contribution >= 0.6 is 15.9 Å². The van der Waals surface area contributed by atoms with Crippen LogP contribution in [0.5, 0.6) is 5.75 Å². The molecule has 2 aromatic carbocycles. The fraction of sp³-hybridized carbons (Fsp3) is 0.143. The molecule has 0 aliphatic heterocycles. The Morgan fingerprint density at radius 2 is 1.90 bits per heavy atom. The number of rotatable bonds is 4. The van der Waals surface area contributed by atoms with Crippen LogP contribution in [-0.2, 0) is 10.0 Å². The Morgan fingerprint density at radius 3 is 2.50 bits per heavy atom. The predicted molar refractivity (Wildman–Crippen MR) is 82.7 cm³/mol. The van der Waals surface area contributed by atoms with E-state index >= 15 is 0 Å². The van der Waals surface area contributed by atoms with E-state index in [2.05, 4.69) is 20.7 Å². The summed E-state index contributed by atoms with van der Waals surface area (Å²) in [5, 5.41) is 0. The van der Waals surface area contributed by atoms with E-state index in [4.69, 9.17) is 4.74 Å². The Bertz CT molecular complexity index is 729. The van der Waals surface area contributed by atoms with E-state index in [9.17, 15) is 8.42 Å². The zero-order valence-corrected chi connectivity index (χ0v) is 13.5. The quantitative estimate of drug-likeness (QED) is 0.911. The van der Waals surface area contributed by atoms with Gasteiger partial charge in [-0.2, -0.15) is 0 Å². The van der Waals surface area contributed by atoms with Crippen molar-refractivity contribution in [1.29, 1.82) is 0 Å². The lowest BCUT2D eigenvalue weighted by Gasteiger charge is -2.10. The third-order valence-corrected chi connectivity index (χ3v) is 4.70. The number of hydrogen-bond acceptors (Lipinski definition) is 3. The first-order valence-corrected chi connectivity index (χ1v) is 8.13. The maximum Gasteiger partial charge on any atom is 0.261 e. The molecule has 0 aromatic heterocycles. The number of ether oxygens (including phenoxy) is 1. The molecule has 2 aromatic rings. The zero-order valence-electron chi connectivity index (χ0n) is 11.1. The summed E-state index contributed by atoms with van der Waals surface area (Å²) in [6.45, 7) is 1.90. The smallest absolute Gasteiger partial charge is 0.261 e. The molecule has 0 amide bonds. The van der Waals surface area contributed by atoms with Crippen LogP contribution in [0.15, 0.2) is 51.8 Å². The van der Waals surface area contributed by atoms with Gasteiger partial charge in [-0.05, 0) is 58.7 Å².